The Morgan fingerprint density at radius 3 is 2.68 bits per heavy atom. The number of benzene rings is 1. The molecule has 1 heterocycles. The van der Waals surface area contributed by atoms with Gasteiger partial charge >= 0.3 is 0 Å². The third-order valence-electron chi connectivity index (χ3n) is 3.54. The fourth-order valence-electron chi connectivity index (χ4n) is 2.56. The van der Waals surface area contributed by atoms with Gasteiger partial charge in [0.1, 0.15) is 6.29 Å². The van der Waals surface area contributed by atoms with Crippen molar-refractivity contribution >= 4 is 17.1 Å². The quantitative estimate of drug-likeness (QED) is 0.635. The van der Waals surface area contributed by atoms with Gasteiger partial charge in [0.25, 0.3) is 0 Å². The summed E-state index contributed by atoms with van der Waals surface area (Å²) in [5.74, 6) is 0.444. The van der Waals surface area contributed by atoms with Gasteiger partial charge in [-0.1, -0.05) is 38.1 Å². The Morgan fingerprint density at radius 1 is 1.11 bits per heavy atom. The number of carbonyl (C=O) groups excluding carboxylic acids is 1. The summed E-state index contributed by atoms with van der Waals surface area (Å²) in [4.78, 5) is 15.4. The van der Waals surface area contributed by atoms with Crippen molar-refractivity contribution in [2.45, 2.75) is 19.8 Å². The summed E-state index contributed by atoms with van der Waals surface area (Å²) >= 11 is 0. The number of aldehydes is 1. The van der Waals surface area contributed by atoms with Gasteiger partial charge in [0.15, 0.2) is 0 Å². The van der Waals surface area contributed by atoms with E-state index in [0.29, 0.717) is 11.5 Å². The number of nitrogens with zero attached hydrogens (tertiary/aromatic N) is 1. The number of rotatable bonds is 2. The Labute approximate surface area is 112 Å². The zero-order valence-corrected chi connectivity index (χ0v) is 11.1. The van der Waals surface area contributed by atoms with Crippen LogP contribution in [0.15, 0.2) is 42.6 Å². The van der Waals surface area contributed by atoms with Crippen LogP contribution < -0.4 is 0 Å². The second kappa shape index (κ2) is 4.47. The van der Waals surface area contributed by atoms with Crippen LogP contribution in [-0.2, 0) is 0 Å². The van der Waals surface area contributed by atoms with Gasteiger partial charge in [-0.25, -0.2) is 0 Å². The molecule has 1 aromatic carbocycles. The van der Waals surface area contributed by atoms with Crippen LogP contribution in [0.2, 0.25) is 0 Å². The van der Waals surface area contributed by atoms with Crippen molar-refractivity contribution in [1.29, 1.82) is 0 Å². The van der Waals surface area contributed by atoms with Gasteiger partial charge in [-0.15, -0.1) is 0 Å². The van der Waals surface area contributed by atoms with E-state index in [9.17, 15) is 4.79 Å². The molecule has 0 atom stereocenters. The Kier molecular flexibility index (Phi) is 2.79. The first-order chi connectivity index (χ1) is 9.20. The Bertz CT molecular complexity index is 731. The highest BCUT2D eigenvalue weighted by atomic mass is 16.1. The van der Waals surface area contributed by atoms with Crippen LogP contribution in [-0.4, -0.2) is 11.3 Å². The van der Waals surface area contributed by atoms with E-state index in [4.69, 9.17) is 0 Å². The Balaban J connectivity index is 2.41. The minimum Gasteiger partial charge on any atom is -0.298 e. The molecular formula is C17H15NO. The van der Waals surface area contributed by atoms with Crippen molar-refractivity contribution in [1.82, 2.24) is 4.98 Å². The Morgan fingerprint density at radius 2 is 1.95 bits per heavy atom. The van der Waals surface area contributed by atoms with Crippen LogP contribution in [0.1, 0.15) is 35.7 Å². The minimum atomic E-state index is 0.444. The van der Waals surface area contributed by atoms with Gasteiger partial charge in [0.2, 0.25) is 0 Å². The van der Waals surface area contributed by atoms with E-state index in [1.165, 1.54) is 11.1 Å². The number of aromatic nitrogens is 1. The molecule has 0 saturated heterocycles. The molecule has 1 aliphatic heterocycles. The predicted molar refractivity (Wildman–Crippen MR) is 77.8 cm³/mol. The normalized spacial score (nSPS) is 11.3. The zero-order chi connectivity index (χ0) is 13.4. The lowest BCUT2D eigenvalue weighted by Gasteiger charge is -2.06. The lowest BCUT2D eigenvalue weighted by molar-refractivity contribution is 0.112. The van der Waals surface area contributed by atoms with Gasteiger partial charge in [-0.05, 0) is 29.0 Å². The fourth-order valence-corrected chi connectivity index (χ4v) is 2.56. The summed E-state index contributed by atoms with van der Waals surface area (Å²) in [5, 5.41) is 2.15. The maximum Gasteiger partial charge on any atom is 0.150 e. The lowest BCUT2D eigenvalue weighted by Crippen LogP contribution is -1.88. The first-order valence-corrected chi connectivity index (χ1v) is 6.47. The Hall–Kier alpha value is -2.22. The van der Waals surface area contributed by atoms with Gasteiger partial charge in [0.05, 0.1) is 5.69 Å². The van der Waals surface area contributed by atoms with E-state index in [0.717, 1.165) is 22.8 Å². The molecule has 0 N–H and O–H groups in total. The third-order valence-corrected chi connectivity index (χ3v) is 3.54. The molecule has 0 aromatic heterocycles. The van der Waals surface area contributed by atoms with Crippen molar-refractivity contribution in [2.24, 2.45) is 0 Å². The molecule has 19 heavy (non-hydrogen) atoms. The van der Waals surface area contributed by atoms with E-state index in [-0.39, 0.29) is 0 Å². The number of hydrogen-bond donors (Lipinski definition) is 0. The molecule has 0 spiro atoms. The van der Waals surface area contributed by atoms with E-state index >= 15 is 0 Å². The highest BCUT2D eigenvalue weighted by Crippen LogP contribution is 2.34. The molecular weight excluding hydrogens is 234 g/mol. The molecule has 2 heteroatoms. The summed E-state index contributed by atoms with van der Waals surface area (Å²) in [5.41, 5.74) is 4.20. The first-order valence-electron chi connectivity index (χ1n) is 6.47. The topological polar surface area (TPSA) is 30.0 Å². The van der Waals surface area contributed by atoms with Gasteiger partial charge < -0.3 is 0 Å². The maximum atomic E-state index is 10.9. The second-order valence-electron chi connectivity index (χ2n) is 5.12. The molecule has 0 fully saturated rings. The van der Waals surface area contributed by atoms with Crippen LogP contribution in [0.4, 0.5) is 0 Å². The van der Waals surface area contributed by atoms with Crippen LogP contribution in [0, 0.1) is 0 Å². The van der Waals surface area contributed by atoms with Crippen molar-refractivity contribution in [2.75, 3.05) is 0 Å². The summed E-state index contributed by atoms with van der Waals surface area (Å²) in [6.45, 7) is 4.37. The third kappa shape index (κ3) is 1.89. The highest BCUT2D eigenvalue weighted by molar-refractivity contribution is 5.98. The molecule has 2 nitrogen and oxygen atoms in total. The van der Waals surface area contributed by atoms with Crippen LogP contribution in [0.5, 0.6) is 0 Å². The minimum absolute atomic E-state index is 0.444. The average Bonchev–Trinajstić information content (AvgIpc) is 2.82. The van der Waals surface area contributed by atoms with Crippen molar-refractivity contribution < 1.29 is 4.79 Å². The SMILES string of the molecule is CC(C)c1ccc2cc(C=O)ccc2c2nccc1-2. The summed E-state index contributed by atoms with van der Waals surface area (Å²) in [6.07, 6.45) is 2.73. The summed E-state index contributed by atoms with van der Waals surface area (Å²) in [6, 6.07) is 12.0. The molecule has 2 aliphatic rings. The molecule has 94 valence electrons. The lowest BCUT2D eigenvalue weighted by atomic mass is 9.98. The number of hydrogen-bond acceptors (Lipinski definition) is 2. The van der Waals surface area contributed by atoms with Crippen molar-refractivity contribution in [3.05, 3.63) is 53.7 Å². The van der Waals surface area contributed by atoms with Crippen LogP contribution in [0.25, 0.3) is 22.0 Å². The van der Waals surface area contributed by atoms with Gasteiger partial charge in [0, 0.05) is 22.7 Å². The molecule has 1 aromatic rings. The number of carbonyl (C=O) groups is 1. The molecule has 0 saturated carbocycles. The van der Waals surface area contributed by atoms with E-state index < -0.39 is 0 Å². The summed E-state index contributed by atoms with van der Waals surface area (Å²) in [7, 11) is 0. The second-order valence-corrected chi connectivity index (χ2v) is 5.12. The molecule has 0 amide bonds. The monoisotopic (exact) mass is 249 g/mol. The largest absolute Gasteiger partial charge is 0.298 e. The zero-order valence-electron chi connectivity index (χ0n) is 11.1. The molecule has 0 unspecified atom stereocenters. The highest BCUT2D eigenvalue weighted by Gasteiger charge is 2.14. The fraction of sp³-hybridized carbons (Fsp3) is 0.176. The molecule has 1 aliphatic carbocycles. The van der Waals surface area contributed by atoms with Gasteiger partial charge in [-0.3, -0.25) is 9.78 Å². The first kappa shape index (κ1) is 11.8. The van der Waals surface area contributed by atoms with Crippen molar-refractivity contribution in [3.8, 4) is 11.3 Å². The standard InChI is InChI=1S/C17H15NO/c1-11(2)14-6-4-13-9-12(10-19)3-5-15(13)17-16(14)7-8-18-17/h3-11H,1-2H3. The average molecular weight is 249 g/mol. The molecule has 3 rings (SSSR count). The number of fused-ring (bicyclic) bond motifs is 3. The van der Waals surface area contributed by atoms with E-state index in [1.807, 2.05) is 24.4 Å². The van der Waals surface area contributed by atoms with E-state index in [2.05, 4.69) is 37.0 Å². The van der Waals surface area contributed by atoms with Crippen molar-refractivity contribution in [3.63, 3.8) is 0 Å². The van der Waals surface area contributed by atoms with Crippen LogP contribution >= 0.6 is 0 Å². The molecule has 0 bridgehead atoms. The van der Waals surface area contributed by atoms with E-state index in [1.54, 1.807) is 0 Å². The van der Waals surface area contributed by atoms with Crippen LogP contribution in [0.3, 0.4) is 0 Å². The molecule has 0 radical (unpaired) electrons. The summed E-state index contributed by atoms with van der Waals surface area (Å²) < 4.78 is 0. The predicted octanol–water partition coefficient (Wildman–Crippen LogP) is 4.28. The maximum absolute atomic E-state index is 10.9. The smallest absolute Gasteiger partial charge is 0.150 e. The van der Waals surface area contributed by atoms with Gasteiger partial charge in [-0.2, -0.15) is 0 Å².